The van der Waals surface area contributed by atoms with Crippen molar-refractivity contribution in [2.45, 2.75) is 0 Å². The normalized spacial score (nSPS) is 11.0. The summed E-state index contributed by atoms with van der Waals surface area (Å²) in [5, 5.41) is 19.7. The van der Waals surface area contributed by atoms with Crippen molar-refractivity contribution in [2.24, 2.45) is 0 Å². The summed E-state index contributed by atoms with van der Waals surface area (Å²) in [5.74, 6) is 1.88. The molecule has 2 heterocycles. The van der Waals surface area contributed by atoms with Gasteiger partial charge in [0.05, 0.1) is 22.8 Å². The number of imidazole rings is 2. The minimum absolute atomic E-state index is 0.212. The number of hydrogen-bond acceptors (Lipinski definition) is 4. The number of aromatic nitrogens is 4. The van der Waals surface area contributed by atoms with Crippen LogP contribution in [-0.2, 0) is 0 Å². The Bertz CT molecular complexity index is 1830. The van der Waals surface area contributed by atoms with Crippen LogP contribution in [0.5, 0.6) is 11.5 Å². The van der Waals surface area contributed by atoms with Gasteiger partial charge in [-0.05, 0) is 54.6 Å². The topological polar surface area (TPSA) is 97.8 Å². The Morgan fingerprint density at radius 3 is 1.17 bits per heavy atom. The average Bonchev–Trinajstić information content (AvgIpc) is 3.69. The highest BCUT2D eigenvalue weighted by atomic mass is 16.3. The Balaban J connectivity index is 1.33. The number of benzene rings is 5. The number of phenolic OH excluding ortho intramolecular Hbond substituents is 2. The average molecular weight is 547 g/mol. The number of rotatable bonds is 6. The molecule has 0 aliphatic rings. The molecule has 5 aromatic carbocycles. The molecule has 7 rings (SSSR count). The fourth-order valence-corrected chi connectivity index (χ4v) is 5.12. The van der Waals surface area contributed by atoms with Gasteiger partial charge in [0.2, 0.25) is 0 Å². The highest BCUT2D eigenvalue weighted by Gasteiger charge is 2.18. The summed E-state index contributed by atoms with van der Waals surface area (Å²) in [6, 6.07) is 42.5. The molecule has 0 saturated heterocycles. The third kappa shape index (κ3) is 4.82. The van der Waals surface area contributed by atoms with Crippen LogP contribution >= 0.6 is 0 Å². The summed E-state index contributed by atoms with van der Waals surface area (Å²) < 4.78 is 0. The van der Waals surface area contributed by atoms with Gasteiger partial charge >= 0.3 is 0 Å². The van der Waals surface area contributed by atoms with E-state index < -0.39 is 0 Å². The van der Waals surface area contributed by atoms with Gasteiger partial charge in [-0.15, -0.1) is 0 Å². The molecule has 0 bridgehead atoms. The van der Waals surface area contributed by atoms with E-state index in [-0.39, 0.29) is 11.5 Å². The first-order valence-corrected chi connectivity index (χ1v) is 13.6. The molecule has 4 N–H and O–H groups in total. The van der Waals surface area contributed by atoms with E-state index in [0.29, 0.717) is 0 Å². The van der Waals surface area contributed by atoms with Gasteiger partial charge < -0.3 is 20.2 Å². The van der Waals surface area contributed by atoms with Gasteiger partial charge in [0.25, 0.3) is 0 Å². The molecule has 0 saturated carbocycles. The van der Waals surface area contributed by atoms with Crippen molar-refractivity contribution in [3.05, 3.63) is 133 Å². The number of hydrogen-bond donors (Lipinski definition) is 4. The second kappa shape index (κ2) is 10.6. The molecule has 7 aromatic rings. The van der Waals surface area contributed by atoms with E-state index in [9.17, 15) is 10.2 Å². The van der Waals surface area contributed by atoms with Crippen molar-refractivity contribution in [3.8, 4) is 79.3 Å². The second-order valence-corrected chi connectivity index (χ2v) is 10.0. The third-order valence-electron chi connectivity index (χ3n) is 7.22. The van der Waals surface area contributed by atoms with E-state index in [4.69, 9.17) is 9.97 Å². The van der Waals surface area contributed by atoms with Crippen LogP contribution in [0.15, 0.2) is 133 Å². The second-order valence-electron chi connectivity index (χ2n) is 10.0. The van der Waals surface area contributed by atoms with Crippen LogP contribution in [0.4, 0.5) is 0 Å². The van der Waals surface area contributed by atoms with E-state index in [1.54, 1.807) is 24.3 Å². The predicted octanol–water partition coefficient (Wildman–Crippen LogP) is 8.55. The van der Waals surface area contributed by atoms with Crippen LogP contribution < -0.4 is 0 Å². The number of aromatic hydroxyl groups is 2. The predicted molar refractivity (Wildman–Crippen MR) is 167 cm³/mol. The molecule has 0 spiro atoms. The van der Waals surface area contributed by atoms with Gasteiger partial charge in [-0.2, -0.15) is 0 Å². The minimum Gasteiger partial charge on any atom is -0.508 e. The third-order valence-corrected chi connectivity index (χ3v) is 7.22. The first kappa shape index (κ1) is 25.1. The molecular formula is C36H26N4O2. The summed E-state index contributed by atoms with van der Waals surface area (Å²) in [6.45, 7) is 0. The molecule has 2 aromatic heterocycles. The lowest BCUT2D eigenvalue weighted by atomic mass is 10.1. The Morgan fingerprint density at radius 1 is 0.381 bits per heavy atom. The summed E-state index contributed by atoms with van der Waals surface area (Å²) in [4.78, 5) is 17.2. The molecule has 202 valence electrons. The van der Waals surface area contributed by atoms with Crippen molar-refractivity contribution in [3.63, 3.8) is 0 Å². The van der Waals surface area contributed by atoms with Crippen molar-refractivity contribution in [1.29, 1.82) is 0 Å². The van der Waals surface area contributed by atoms with Crippen LogP contribution in [0, 0.1) is 0 Å². The molecule has 0 aliphatic heterocycles. The summed E-state index contributed by atoms with van der Waals surface area (Å²) in [7, 11) is 0. The van der Waals surface area contributed by atoms with Crippen molar-refractivity contribution < 1.29 is 10.2 Å². The van der Waals surface area contributed by atoms with Crippen LogP contribution in [0.1, 0.15) is 0 Å². The van der Waals surface area contributed by atoms with E-state index >= 15 is 0 Å². The number of H-pyrrole nitrogens is 2. The Morgan fingerprint density at radius 2 is 0.762 bits per heavy atom. The number of nitrogens with zero attached hydrogens (tertiary/aromatic N) is 2. The van der Waals surface area contributed by atoms with Gasteiger partial charge in [0.15, 0.2) is 0 Å². The van der Waals surface area contributed by atoms with E-state index in [0.717, 1.165) is 67.8 Å². The Kier molecular flexibility index (Phi) is 6.33. The monoisotopic (exact) mass is 546 g/mol. The molecule has 0 atom stereocenters. The zero-order chi connectivity index (χ0) is 28.5. The molecule has 0 aliphatic carbocycles. The molecule has 0 amide bonds. The Hall–Kier alpha value is -5.88. The first-order valence-electron chi connectivity index (χ1n) is 13.6. The van der Waals surface area contributed by atoms with Crippen molar-refractivity contribution in [2.75, 3.05) is 0 Å². The van der Waals surface area contributed by atoms with Gasteiger partial charge in [0.1, 0.15) is 23.1 Å². The standard InChI is InChI=1S/C36H26N4O2/c41-29-18-14-25(15-19-29)33-31(23-8-3-1-4-9-23)37-35(39-33)27-12-7-13-28(22-27)36-38-32(24-10-5-2-6-11-24)34(40-36)26-16-20-30(42)21-17-26/h1-22,41-42H,(H,37,39)(H,38,40). The zero-order valence-corrected chi connectivity index (χ0v) is 22.5. The number of aromatic amines is 2. The quantitative estimate of drug-likeness (QED) is 0.168. The van der Waals surface area contributed by atoms with Gasteiger partial charge in [0, 0.05) is 33.4 Å². The molecule has 42 heavy (non-hydrogen) atoms. The fourth-order valence-electron chi connectivity index (χ4n) is 5.12. The molecule has 0 fully saturated rings. The van der Waals surface area contributed by atoms with Crippen LogP contribution in [-0.4, -0.2) is 30.1 Å². The van der Waals surface area contributed by atoms with Crippen molar-refractivity contribution >= 4 is 0 Å². The molecule has 0 unspecified atom stereocenters. The Labute approximate surface area is 242 Å². The van der Waals surface area contributed by atoms with Crippen LogP contribution in [0.25, 0.3) is 67.8 Å². The van der Waals surface area contributed by atoms with E-state index in [1.165, 1.54) is 0 Å². The lowest BCUT2D eigenvalue weighted by Crippen LogP contribution is -1.85. The van der Waals surface area contributed by atoms with E-state index in [2.05, 4.69) is 40.3 Å². The number of nitrogens with one attached hydrogen (secondary N) is 2. The van der Waals surface area contributed by atoms with Gasteiger partial charge in [-0.1, -0.05) is 78.9 Å². The van der Waals surface area contributed by atoms with Gasteiger partial charge in [-0.3, -0.25) is 0 Å². The maximum absolute atomic E-state index is 9.84. The highest BCUT2D eigenvalue weighted by Crippen LogP contribution is 2.36. The molecule has 6 heteroatoms. The molecular weight excluding hydrogens is 520 g/mol. The summed E-state index contributed by atoms with van der Waals surface area (Å²) in [5.41, 5.74) is 9.10. The first-order chi connectivity index (χ1) is 20.6. The molecule has 6 nitrogen and oxygen atoms in total. The molecule has 0 radical (unpaired) electrons. The zero-order valence-electron chi connectivity index (χ0n) is 22.5. The van der Waals surface area contributed by atoms with Gasteiger partial charge in [-0.25, -0.2) is 9.97 Å². The lowest BCUT2D eigenvalue weighted by Gasteiger charge is -2.03. The van der Waals surface area contributed by atoms with Crippen LogP contribution in [0.3, 0.4) is 0 Å². The number of phenols is 2. The smallest absolute Gasteiger partial charge is 0.138 e. The van der Waals surface area contributed by atoms with E-state index in [1.807, 2.05) is 78.9 Å². The lowest BCUT2D eigenvalue weighted by molar-refractivity contribution is 0.475. The SMILES string of the molecule is Oc1ccc(-c2nc(-c3cccc(-c4nc(-c5ccc(O)cc5)c(-c5ccccc5)[nH]4)c3)[nH]c2-c2ccccc2)cc1. The largest absolute Gasteiger partial charge is 0.508 e. The van der Waals surface area contributed by atoms with Crippen molar-refractivity contribution in [1.82, 2.24) is 19.9 Å². The van der Waals surface area contributed by atoms with Crippen LogP contribution in [0.2, 0.25) is 0 Å². The maximum Gasteiger partial charge on any atom is 0.138 e. The maximum atomic E-state index is 9.84. The fraction of sp³-hybridized carbons (Fsp3) is 0. The minimum atomic E-state index is 0.212. The summed E-state index contributed by atoms with van der Waals surface area (Å²) >= 11 is 0. The highest BCUT2D eigenvalue weighted by molar-refractivity contribution is 5.84. The summed E-state index contributed by atoms with van der Waals surface area (Å²) in [6.07, 6.45) is 0.